The smallest absolute Gasteiger partial charge is 0 e. The van der Waals surface area contributed by atoms with Gasteiger partial charge in [0.25, 0.3) is 0 Å². The van der Waals surface area contributed by atoms with Gasteiger partial charge >= 0.3 is 39.9 Å². The van der Waals surface area contributed by atoms with Crippen LogP contribution in [0, 0.1) is 32.3 Å². The van der Waals surface area contributed by atoms with Gasteiger partial charge in [0.15, 0.2) is 0 Å². The van der Waals surface area contributed by atoms with Crippen molar-refractivity contribution in [3.63, 3.8) is 0 Å². The maximum absolute atomic E-state index is 12.4. The van der Waals surface area contributed by atoms with Gasteiger partial charge < -0.3 is 14.8 Å². The number of hydrogen-bond donors (Lipinski definition) is 1. The summed E-state index contributed by atoms with van der Waals surface area (Å²) in [5.41, 5.74) is 2.38. The molecule has 164 valence electrons. The molecule has 8 heteroatoms. The van der Waals surface area contributed by atoms with E-state index in [1.54, 1.807) is 7.11 Å². The number of aryl methyl sites for hydroxylation is 1. The normalized spacial score (nSPS) is 9.77. The largest absolute Gasteiger partial charge is 0 e. The quantitative estimate of drug-likeness (QED) is 0.393. The topological polar surface area (TPSA) is 107 Å². The van der Waals surface area contributed by atoms with Crippen LogP contribution in [0.15, 0.2) is 48.5 Å². The van der Waals surface area contributed by atoms with Gasteiger partial charge in [0.1, 0.15) is 5.75 Å². The van der Waals surface area contributed by atoms with Crippen molar-refractivity contribution < 1.29 is 45.6 Å². The Bertz CT molecular complexity index is 814. The van der Waals surface area contributed by atoms with Gasteiger partial charge in [-0.2, -0.15) is 0 Å². The maximum atomic E-state index is 12.4. The van der Waals surface area contributed by atoms with E-state index in [1.165, 1.54) is 7.11 Å². The van der Waals surface area contributed by atoms with E-state index in [2.05, 4.69) is 25.3 Å². The standard InChI is InChI=1S/C20H25NO3.3CO.Cr/c1-14-8-6-7-9-17(14)18(20(2,3)19(22)24-5)21-15-10-12-16(23-4)13-11-15;3*1-2;/h6-13,18,21H,1-5H3;;;;/t18-;;;;/m1..../s1. The summed E-state index contributed by atoms with van der Waals surface area (Å²) in [6, 6.07) is 15.5. The van der Waals surface area contributed by atoms with Crippen LogP contribution >= 0.6 is 0 Å². The number of esters is 1. The number of carbonyl (C=O) groups excluding carboxylic acids is 1. The first-order chi connectivity index (χ1) is 14.4. The number of ether oxygens (including phenoxy) is 2. The van der Waals surface area contributed by atoms with Crippen molar-refractivity contribution in [2.45, 2.75) is 26.8 Å². The first-order valence-corrected chi connectivity index (χ1v) is 8.56. The molecule has 0 aliphatic carbocycles. The average molecular weight is 463 g/mol. The Labute approximate surface area is 194 Å². The molecule has 0 amide bonds. The van der Waals surface area contributed by atoms with E-state index in [-0.39, 0.29) is 29.4 Å². The molecule has 0 fully saturated rings. The van der Waals surface area contributed by atoms with Crippen molar-refractivity contribution >= 4 is 11.7 Å². The third kappa shape index (κ3) is 9.74. The molecule has 2 rings (SSSR count). The Hall–Kier alpha value is -2.74. The number of carbonyl (C=O) groups is 1. The van der Waals surface area contributed by atoms with E-state index >= 15 is 0 Å². The van der Waals surface area contributed by atoms with E-state index in [1.807, 2.05) is 69.3 Å². The Morgan fingerprint density at radius 3 is 1.84 bits per heavy atom. The van der Waals surface area contributed by atoms with Crippen LogP contribution in [0.5, 0.6) is 5.75 Å². The summed E-state index contributed by atoms with van der Waals surface area (Å²) in [7, 11) is 3.06. The van der Waals surface area contributed by atoms with Crippen LogP contribution < -0.4 is 10.1 Å². The molecule has 0 saturated carbocycles. The van der Waals surface area contributed by atoms with Crippen molar-refractivity contribution in [2.24, 2.45) is 5.41 Å². The fraction of sp³-hybridized carbons (Fsp3) is 0.304. The Morgan fingerprint density at radius 1 is 0.935 bits per heavy atom. The van der Waals surface area contributed by atoms with Gasteiger partial charge in [-0.05, 0) is 56.2 Å². The summed E-state index contributed by atoms with van der Waals surface area (Å²) >= 11 is 0. The molecular formula is C23H25CrNO6. The molecule has 31 heavy (non-hydrogen) atoms. The zero-order valence-electron chi connectivity index (χ0n) is 18.1. The van der Waals surface area contributed by atoms with Crippen LogP contribution in [0.3, 0.4) is 0 Å². The predicted octanol–water partition coefficient (Wildman–Crippen LogP) is 4.24. The van der Waals surface area contributed by atoms with E-state index in [9.17, 15) is 4.79 Å². The van der Waals surface area contributed by atoms with Crippen LogP contribution in [-0.2, 0) is 40.8 Å². The van der Waals surface area contributed by atoms with Crippen LogP contribution in [0.2, 0.25) is 0 Å². The second kappa shape index (κ2) is 18.1. The van der Waals surface area contributed by atoms with Crippen LogP contribution in [0.4, 0.5) is 5.69 Å². The van der Waals surface area contributed by atoms with E-state index in [0.717, 1.165) is 22.6 Å². The van der Waals surface area contributed by atoms with Crippen molar-refractivity contribution in [3.8, 4) is 5.75 Å². The molecule has 2 aromatic carbocycles. The number of hydrogen-bond acceptors (Lipinski definition) is 4. The summed E-state index contributed by atoms with van der Waals surface area (Å²) in [6.45, 7) is 19.3. The summed E-state index contributed by atoms with van der Waals surface area (Å²) in [5.74, 6) is 0.539. The van der Waals surface area contributed by atoms with Gasteiger partial charge in [0, 0.05) is 23.0 Å². The number of anilines is 1. The van der Waals surface area contributed by atoms with Gasteiger partial charge in [0.2, 0.25) is 0 Å². The predicted molar refractivity (Wildman–Crippen MR) is 108 cm³/mol. The van der Waals surface area contributed by atoms with E-state index in [4.69, 9.17) is 23.4 Å². The van der Waals surface area contributed by atoms with Gasteiger partial charge in [-0.25, -0.2) is 0 Å². The van der Waals surface area contributed by atoms with Crippen LogP contribution in [0.1, 0.15) is 31.0 Å². The van der Waals surface area contributed by atoms with Crippen molar-refractivity contribution in [3.05, 3.63) is 79.6 Å². The second-order valence-corrected chi connectivity index (χ2v) is 6.38. The summed E-state index contributed by atoms with van der Waals surface area (Å²) in [6.07, 6.45) is 0. The molecule has 0 radical (unpaired) electrons. The molecule has 0 aliphatic rings. The molecule has 7 nitrogen and oxygen atoms in total. The van der Waals surface area contributed by atoms with Gasteiger partial charge in [-0.15, -0.1) is 0 Å². The van der Waals surface area contributed by atoms with E-state index < -0.39 is 5.41 Å². The molecular weight excluding hydrogens is 438 g/mol. The molecule has 0 aliphatic heterocycles. The molecule has 1 N–H and O–H groups in total. The third-order valence-corrected chi connectivity index (χ3v) is 4.33. The number of methoxy groups -OCH3 is 2. The number of benzene rings is 2. The first kappa shape index (κ1) is 32.9. The second-order valence-electron chi connectivity index (χ2n) is 6.38. The minimum Gasteiger partial charge on any atom is 0 e. The maximum Gasteiger partial charge on any atom is 0 e. The summed E-state index contributed by atoms with van der Waals surface area (Å²) in [5, 5.41) is 3.49. The average Bonchev–Trinajstić information content (AvgIpc) is 2.81. The van der Waals surface area contributed by atoms with Crippen molar-refractivity contribution in [1.82, 2.24) is 0 Å². The molecule has 0 aromatic heterocycles. The Kier molecular flexibility index (Phi) is 19.2. The van der Waals surface area contributed by atoms with Crippen LogP contribution in [-0.4, -0.2) is 20.2 Å². The number of rotatable bonds is 6. The van der Waals surface area contributed by atoms with Crippen molar-refractivity contribution in [1.29, 1.82) is 0 Å². The molecule has 0 unspecified atom stereocenters. The minimum atomic E-state index is -0.735. The zero-order chi connectivity index (χ0) is 23.7. The molecule has 0 saturated heterocycles. The molecule has 2 aromatic rings. The molecule has 0 bridgehead atoms. The zero-order valence-corrected chi connectivity index (χ0v) is 19.3. The van der Waals surface area contributed by atoms with Crippen LogP contribution in [0.25, 0.3) is 0 Å². The van der Waals surface area contributed by atoms with Gasteiger partial charge in [0.05, 0.1) is 25.7 Å². The summed E-state index contributed by atoms with van der Waals surface area (Å²) < 4.78 is 32.7. The van der Waals surface area contributed by atoms with E-state index in [0.29, 0.717) is 0 Å². The molecule has 1 atom stereocenters. The molecule has 0 spiro atoms. The fourth-order valence-corrected chi connectivity index (χ4v) is 2.79. The van der Waals surface area contributed by atoms with Gasteiger partial charge in [-0.3, -0.25) is 4.79 Å². The number of nitrogens with one attached hydrogen (secondary N) is 1. The SMILES string of the molecule is COC(=O)C(C)(C)[C@H](Nc1ccc(OC)cc1)c1ccccc1C.[C-]#[O+].[C-]#[O+].[C-]#[O+].[Cr]. The van der Waals surface area contributed by atoms with Gasteiger partial charge in [-0.1, -0.05) is 24.3 Å². The monoisotopic (exact) mass is 463 g/mol. The fourth-order valence-electron chi connectivity index (χ4n) is 2.79. The third-order valence-electron chi connectivity index (χ3n) is 4.33. The first-order valence-electron chi connectivity index (χ1n) is 8.56. The Balaban J connectivity index is -0.00000103. The van der Waals surface area contributed by atoms with Crippen molar-refractivity contribution in [2.75, 3.05) is 19.5 Å². The summed E-state index contributed by atoms with van der Waals surface area (Å²) in [4.78, 5) is 12.4. The molecule has 0 heterocycles. The minimum absolute atomic E-state index is 0. The Morgan fingerprint density at radius 2 is 1.42 bits per heavy atom.